The van der Waals surface area contributed by atoms with E-state index in [0.717, 1.165) is 30.6 Å². The van der Waals surface area contributed by atoms with Crippen LogP contribution in [0.4, 0.5) is 5.69 Å². The van der Waals surface area contributed by atoms with Crippen molar-refractivity contribution in [3.63, 3.8) is 0 Å². The first-order valence-electron chi connectivity index (χ1n) is 8.90. The Morgan fingerprint density at radius 3 is 2.81 bits per heavy atom. The summed E-state index contributed by atoms with van der Waals surface area (Å²) in [7, 11) is 0. The average molecular weight is 383 g/mol. The monoisotopic (exact) mass is 382 g/mol. The lowest BCUT2D eigenvalue weighted by atomic mass is 10.1. The fourth-order valence-electron chi connectivity index (χ4n) is 3.13. The highest BCUT2D eigenvalue weighted by Gasteiger charge is 2.16. The Balaban J connectivity index is 1.45. The standard InChI is InChI=1S/C21H19ClN2O3/c22-20-12-18(17-5-1-2-6-19(17)24-20)21(25)23-14-7-9-15(10-8-14)27-13-16-4-3-11-26-16/h1-2,5-10,12,16H,3-4,11,13H2,(H,23,25). The lowest BCUT2D eigenvalue weighted by Gasteiger charge is -2.12. The van der Waals surface area contributed by atoms with Gasteiger partial charge in [0.2, 0.25) is 0 Å². The number of anilines is 1. The number of pyridine rings is 1. The van der Waals surface area contributed by atoms with Gasteiger partial charge in [0.15, 0.2) is 0 Å². The normalized spacial score (nSPS) is 16.4. The number of carbonyl (C=O) groups excluding carboxylic acids is 1. The zero-order chi connectivity index (χ0) is 18.6. The number of halogens is 1. The van der Waals surface area contributed by atoms with Crippen molar-refractivity contribution in [3.8, 4) is 5.75 Å². The Morgan fingerprint density at radius 1 is 1.22 bits per heavy atom. The Bertz CT molecular complexity index is 953. The maximum Gasteiger partial charge on any atom is 0.256 e. The van der Waals surface area contributed by atoms with Crippen molar-refractivity contribution in [2.75, 3.05) is 18.5 Å². The first-order chi connectivity index (χ1) is 13.2. The highest BCUT2D eigenvalue weighted by atomic mass is 35.5. The molecule has 3 aromatic rings. The summed E-state index contributed by atoms with van der Waals surface area (Å²) in [6.07, 6.45) is 2.30. The molecule has 2 heterocycles. The molecule has 1 aliphatic heterocycles. The van der Waals surface area contributed by atoms with Crippen molar-refractivity contribution in [1.82, 2.24) is 4.98 Å². The molecule has 1 N–H and O–H groups in total. The van der Waals surface area contributed by atoms with Crippen LogP contribution in [-0.4, -0.2) is 30.2 Å². The van der Waals surface area contributed by atoms with E-state index in [9.17, 15) is 4.79 Å². The fraction of sp³-hybridized carbons (Fsp3) is 0.238. The van der Waals surface area contributed by atoms with Crippen molar-refractivity contribution >= 4 is 34.1 Å². The molecular formula is C21H19ClN2O3. The van der Waals surface area contributed by atoms with E-state index >= 15 is 0 Å². The van der Waals surface area contributed by atoms with E-state index in [4.69, 9.17) is 21.1 Å². The van der Waals surface area contributed by atoms with Crippen molar-refractivity contribution in [2.45, 2.75) is 18.9 Å². The molecule has 1 atom stereocenters. The second-order valence-corrected chi connectivity index (χ2v) is 6.82. The molecule has 138 valence electrons. The first-order valence-corrected chi connectivity index (χ1v) is 9.28. The molecule has 4 rings (SSSR count). The number of nitrogens with one attached hydrogen (secondary N) is 1. The molecule has 1 unspecified atom stereocenters. The molecule has 0 spiro atoms. The van der Waals surface area contributed by atoms with Gasteiger partial charge >= 0.3 is 0 Å². The van der Waals surface area contributed by atoms with Crippen molar-refractivity contribution in [1.29, 1.82) is 0 Å². The number of ether oxygens (including phenoxy) is 2. The second-order valence-electron chi connectivity index (χ2n) is 6.43. The number of benzene rings is 2. The van der Waals surface area contributed by atoms with Gasteiger partial charge in [-0.2, -0.15) is 0 Å². The minimum Gasteiger partial charge on any atom is -0.491 e. The van der Waals surface area contributed by atoms with Gasteiger partial charge in [-0.15, -0.1) is 0 Å². The Kier molecular flexibility index (Phi) is 5.23. The van der Waals surface area contributed by atoms with Crippen LogP contribution < -0.4 is 10.1 Å². The lowest BCUT2D eigenvalue weighted by molar-refractivity contribution is 0.0679. The van der Waals surface area contributed by atoms with Gasteiger partial charge in [0.1, 0.15) is 17.5 Å². The minimum atomic E-state index is -0.233. The highest BCUT2D eigenvalue weighted by molar-refractivity contribution is 6.30. The van der Waals surface area contributed by atoms with Gasteiger partial charge in [-0.25, -0.2) is 4.98 Å². The third kappa shape index (κ3) is 4.21. The molecule has 1 aromatic heterocycles. The van der Waals surface area contributed by atoms with Gasteiger partial charge in [-0.3, -0.25) is 4.79 Å². The Labute approximate surface area is 162 Å². The van der Waals surface area contributed by atoms with E-state index in [1.54, 1.807) is 6.07 Å². The molecule has 0 aliphatic carbocycles. The number of hydrogen-bond donors (Lipinski definition) is 1. The van der Waals surface area contributed by atoms with Gasteiger partial charge in [0.25, 0.3) is 5.91 Å². The van der Waals surface area contributed by atoms with Crippen molar-refractivity contribution in [3.05, 3.63) is 65.3 Å². The van der Waals surface area contributed by atoms with Gasteiger partial charge < -0.3 is 14.8 Å². The molecule has 1 amide bonds. The molecule has 5 nitrogen and oxygen atoms in total. The highest BCUT2D eigenvalue weighted by Crippen LogP contribution is 2.23. The number of nitrogens with zero attached hydrogens (tertiary/aromatic N) is 1. The average Bonchev–Trinajstić information content (AvgIpc) is 3.20. The number of rotatable bonds is 5. The minimum absolute atomic E-state index is 0.175. The molecule has 1 saturated heterocycles. The topological polar surface area (TPSA) is 60.5 Å². The van der Waals surface area contributed by atoms with E-state index < -0.39 is 0 Å². The summed E-state index contributed by atoms with van der Waals surface area (Å²) in [4.78, 5) is 17.0. The number of hydrogen-bond acceptors (Lipinski definition) is 4. The SMILES string of the molecule is O=C(Nc1ccc(OCC2CCCO2)cc1)c1cc(Cl)nc2ccccc12. The van der Waals surface area contributed by atoms with Crippen LogP contribution in [0.2, 0.25) is 5.15 Å². The second kappa shape index (κ2) is 7.94. The number of para-hydroxylation sites is 1. The van der Waals surface area contributed by atoms with E-state index in [1.165, 1.54) is 0 Å². The number of fused-ring (bicyclic) bond motifs is 1. The molecule has 1 fully saturated rings. The van der Waals surface area contributed by atoms with Crippen LogP contribution in [0.1, 0.15) is 23.2 Å². The van der Waals surface area contributed by atoms with E-state index in [-0.39, 0.29) is 17.2 Å². The zero-order valence-corrected chi connectivity index (χ0v) is 15.4. The molecule has 0 bridgehead atoms. The first kappa shape index (κ1) is 17.8. The van der Waals surface area contributed by atoms with E-state index in [1.807, 2.05) is 48.5 Å². The molecular weight excluding hydrogens is 364 g/mol. The molecule has 2 aromatic carbocycles. The zero-order valence-electron chi connectivity index (χ0n) is 14.7. The lowest BCUT2D eigenvalue weighted by Crippen LogP contribution is -2.16. The fourth-order valence-corrected chi connectivity index (χ4v) is 3.33. The molecule has 1 aliphatic rings. The van der Waals surface area contributed by atoms with Crippen LogP contribution >= 0.6 is 11.6 Å². The van der Waals surface area contributed by atoms with Crippen LogP contribution in [-0.2, 0) is 4.74 Å². The summed E-state index contributed by atoms with van der Waals surface area (Å²) in [5.74, 6) is 0.518. The number of amides is 1. The third-order valence-corrected chi connectivity index (χ3v) is 4.70. The molecule has 27 heavy (non-hydrogen) atoms. The van der Waals surface area contributed by atoms with Crippen molar-refractivity contribution < 1.29 is 14.3 Å². The summed E-state index contributed by atoms with van der Waals surface area (Å²) >= 11 is 6.06. The Morgan fingerprint density at radius 2 is 2.04 bits per heavy atom. The van der Waals surface area contributed by atoms with Crippen molar-refractivity contribution in [2.24, 2.45) is 0 Å². The number of carbonyl (C=O) groups is 1. The van der Waals surface area contributed by atoms with Gasteiger partial charge in [-0.05, 0) is 49.2 Å². The summed E-state index contributed by atoms with van der Waals surface area (Å²) in [6, 6.07) is 16.3. The van der Waals surface area contributed by atoms with E-state index in [2.05, 4.69) is 10.3 Å². The number of aromatic nitrogens is 1. The maximum absolute atomic E-state index is 12.7. The van der Waals surface area contributed by atoms with Gasteiger partial charge in [-0.1, -0.05) is 29.8 Å². The molecule has 0 radical (unpaired) electrons. The predicted octanol–water partition coefficient (Wildman–Crippen LogP) is 4.70. The van der Waals surface area contributed by atoms with Crippen LogP contribution in [0.25, 0.3) is 10.9 Å². The third-order valence-electron chi connectivity index (χ3n) is 4.50. The van der Waals surface area contributed by atoms with Crippen LogP contribution in [0.5, 0.6) is 5.75 Å². The summed E-state index contributed by atoms with van der Waals surface area (Å²) in [5, 5.41) is 3.95. The predicted molar refractivity (Wildman–Crippen MR) is 106 cm³/mol. The summed E-state index contributed by atoms with van der Waals surface area (Å²) < 4.78 is 11.3. The summed E-state index contributed by atoms with van der Waals surface area (Å²) in [5.41, 5.74) is 1.86. The molecule has 0 saturated carbocycles. The van der Waals surface area contributed by atoms with Crippen LogP contribution in [0, 0.1) is 0 Å². The largest absolute Gasteiger partial charge is 0.491 e. The van der Waals surface area contributed by atoms with Gasteiger partial charge in [0, 0.05) is 17.7 Å². The Hall–Kier alpha value is -2.63. The maximum atomic E-state index is 12.7. The van der Waals surface area contributed by atoms with E-state index in [0.29, 0.717) is 23.4 Å². The quantitative estimate of drug-likeness (QED) is 0.650. The van der Waals surface area contributed by atoms with Crippen LogP contribution in [0.3, 0.4) is 0 Å². The smallest absolute Gasteiger partial charge is 0.256 e. The van der Waals surface area contributed by atoms with Gasteiger partial charge in [0.05, 0.1) is 17.2 Å². The summed E-state index contributed by atoms with van der Waals surface area (Å²) in [6.45, 7) is 1.36. The molecule has 6 heteroatoms. The van der Waals surface area contributed by atoms with Crippen LogP contribution in [0.15, 0.2) is 54.6 Å².